The number of pyridine rings is 1. The normalized spacial score (nSPS) is 11.1. The summed E-state index contributed by atoms with van der Waals surface area (Å²) in [6, 6.07) is 37.1. The lowest BCUT2D eigenvalue weighted by atomic mass is 9.94. The maximum absolute atomic E-state index is 5.10. The van der Waals surface area contributed by atoms with Crippen molar-refractivity contribution in [2.24, 2.45) is 0 Å². The minimum absolute atomic E-state index is 0.888. The highest BCUT2D eigenvalue weighted by Crippen LogP contribution is 2.37. The third kappa shape index (κ3) is 3.12. The molecule has 0 spiro atoms. The van der Waals surface area contributed by atoms with Crippen LogP contribution >= 0.6 is 0 Å². The molecule has 0 aliphatic carbocycles. The summed E-state index contributed by atoms with van der Waals surface area (Å²) in [5.74, 6) is 0. The van der Waals surface area contributed by atoms with Gasteiger partial charge in [-0.05, 0) is 35.0 Å². The summed E-state index contributed by atoms with van der Waals surface area (Å²) in [6.07, 6.45) is 1.83. The van der Waals surface area contributed by atoms with Crippen LogP contribution in [0.3, 0.4) is 0 Å². The van der Waals surface area contributed by atoms with Crippen LogP contribution < -0.4 is 0 Å². The van der Waals surface area contributed by atoms with E-state index in [4.69, 9.17) is 9.97 Å². The van der Waals surface area contributed by atoms with Gasteiger partial charge in [-0.25, -0.2) is 9.97 Å². The van der Waals surface area contributed by atoms with E-state index in [1.54, 1.807) is 0 Å². The van der Waals surface area contributed by atoms with Crippen LogP contribution in [0, 0.1) is 0 Å². The van der Waals surface area contributed by atoms with E-state index in [-0.39, 0.29) is 0 Å². The first-order valence-electron chi connectivity index (χ1n) is 10.6. The second-order valence-corrected chi connectivity index (χ2v) is 7.70. The number of rotatable bonds is 3. The number of hydrogen-bond donors (Lipinski definition) is 0. The molecule has 6 aromatic rings. The van der Waals surface area contributed by atoms with Gasteiger partial charge in [0.05, 0.1) is 28.1 Å². The fourth-order valence-electron chi connectivity index (χ4n) is 4.25. The van der Waals surface area contributed by atoms with Gasteiger partial charge in [0.2, 0.25) is 0 Å². The summed E-state index contributed by atoms with van der Waals surface area (Å²) in [4.78, 5) is 14.7. The lowest BCUT2D eigenvalue weighted by molar-refractivity contribution is 1.30. The Morgan fingerprint density at radius 2 is 1.06 bits per heavy atom. The summed E-state index contributed by atoms with van der Waals surface area (Å²) in [5, 5.41) is 2.29. The Hall–Kier alpha value is -4.37. The van der Waals surface area contributed by atoms with Crippen molar-refractivity contribution >= 4 is 21.8 Å². The maximum Gasteiger partial charge on any atom is 0.0979 e. The van der Waals surface area contributed by atoms with Crippen LogP contribution in [0.1, 0.15) is 0 Å². The Labute approximate surface area is 186 Å². The van der Waals surface area contributed by atoms with E-state index in [1.165, 1.54) is 0 Å². The van der Waals surface area contributed by atoms with Crippen LogP contribution in [0.2, 0.25) is 0 Å². The highest BCUT2D eigenvalue weighted by molar-refractivity contribution is 6.05. The molecule has 0 fully saturated rings. The molecule has 150 valence electrons. The third-order valence-corrected chi connectivity index (χ3v) is 5.74. The predicted molar refractivity (Wildman–Crippen MR) is 131 cm³/mol. The molecule has 0 saturated heterocycles. The molecule has 3 nitrogen and oxygen atoms in total. The Kier molecular flexibility index (Phi) is 4.43. The molecule has 0 saturated carbocycles. The zero-order chi connectivity index (χ0) is 21.3. The standard InChI is InChI=1S/C29H19N3/c1-2-10-20(11-3-1)28-29(32-27-18-5-4-17-26(27)31-28)24-15-9-12-21-22(24)13-8-14-23(21)25-16-6-7-19-30-25/h1-19H. The number of benzene rings is 4. The van der Waals surface area contributed by atoms with Crippen LogP contribution in [0.25, 0.3) is 55.6 Å². The molecule has 0 aliphatic heterocycles. The van der Waals surface area contributed by atoms with Gasteiger partial charge in [-0.1, -0.05) is 84.9 Å². The fourth-order valence-corrected chi connectivity index (χ4v) is 4.25. The summed E-state index contributed by atoms with van der Waals surface area (Å²) in [5.41, 5.74) is 7.75. The van der Waals surface area contributed by atoms with Crippen molar-refractivity contribution < 1.29 is 0 Å². The summed E-state index contributed by atoms with van der Waals surface area (Å²) >= 11 is 0. The highest BCUT2D eigenvalue weighted by atomic mass is 14.8. The van der Waals surface area contributed by atoms with Gasteiger partial charge < -0.3 is 0 Å². The van der Waals surface area contributed by atoms with Crippen molar-refractivity contribution in [1.29, 1.82) is 0 Å². The Morgan fingerprint density at radius 3 is 1.78 bits per heavy atom. The molecule has 4 aromatic carbocycles. The SMILES string of the molecule is c1ccc(-c2nc3ccccc3nc2-c2cccc3c(-c4ccccn4)cccc23)cc1. The molecule has 0 radical (unpaired) electrons. The molecule has 2 heterocycles. The Morgan fingerprint density at radius 1 is 0.438 bits per heavy atom. The van der Waals surface area contributed by atoms with E-state index in [1.807, 2.05) is 66.9 Å². The molecule has 0 N–H and O–H groups in total. The second kappa shape index (κ2) is 7.71. The van der Waals surface area contributed by atoms with E-state index in [2.05, 4.69) is 53.5 Å². The summed E-state index contributed by atoms with van der Waals surface area (Å²) in [6.45, 7) is 0. The molecular weight excluding hydrogens is 390 g/mol. The molecular formula is C29H19N3. The van der Waals surface area contributed by atoms with Crippen LogP contribution in [0.4, 0.5) is 0 Å². The first-order chi connectivity index (χ1) is 15.9. The Bertz CT molecular complexity index is 1560. The molecule has 3 heteroatoms. The van der Waals surface area contributed by atoms with Crippen molar-refractivity contribution in [2.75, 3.05) is 0 Å². The number of fused-ring (bicyclic) bond motifs is 2. The molecule has 0 amide bonds. The lowest BCUT2D eigenvalue weighted by Crippen LogP contribution is -1.96. The van der Waals surface area contributed by atoms with E-state index >= 15 is 0 Å². The van der Waals surface area contributed by atoms with Crippen LogP contribution in [-0.2, 0) is 0 Å². The molecule has 2 aromatic heterocycles. The largest absolute Gasteiger partial charge is 0.256 e. The minimum Gasteiger partial charge on any atom is -0.256 e. The second-order valence-electron chi connectivity index (χ2n) is 7.70. The van der Waals surface area contributed by atoms with Crippen molar-refractivity contribution in [3.05, 3.63) is 115 Å². The van der Waals surface area contributed by atoms with Crippen LogP contribution in [-0.4, -0.2) is 15.0 Å². The Balaban J connectivity index is 1.67. The predicted octanol–water partition coefficient (Wildman–Crippen LogP) is 7.18. The van der Waals surface area contributed by atoms with Gasteiger partial charge in [-0.2, -0.15) is 0 Å². The zero-order valence-corrected chi connectivity index (χ0v) is 17.3. The van der Waals surface area contributed by atoms with Crippen molar-refractivity contribution in [1.82, 2.24) is 15.0 Å². The van der Waals surface area contributed by atoms with Crippen molar-refractivity contribution in [3.63, 3.8) is 0 Å². The van der Waals surface area contributed by atoms with Gasteiger partial charge in [0.15, 0.2) is 0 Å². The summed E-state index contributed by atoms with van der Waals surface area (Å²) < 4.78 is 0. The first kappa shape index (κ1) is 18.4. The van der Waals surface area contributed by atoms with Crippen LogP contribution in [0.15, 0.2) is 115 Å². The monoisotopic (exact) mass is 409 g/mol. The maximum atomic E-state index is 5.10. The zero-order valence-electron chi connectivity index (χ0n) is 17.3. The van der Waals surface area contributed by atoms with E-state index < -0.39 is 0 Å². The smallest absolute Gasteiger partial charge is 0.0979 e. The minimum atomic E-state index is 0.888. The van der Waals surface area contributed by atoms with Gasteiger partial charge in [0.25, 0.3) is 0 Å². The fraction of sp³-hybridized carbons (Fsp3) is 0. The van der Waals surface area contributed by atoms with Crippen molar-refractivity contribution in [3.8, 4) is 33.8 Å². The number of hydrogen-bond acceptors (Lipinski definition) is 3. The van der Waals surface area contributed by atoms with Gasteiger partial charge >= 0.3 is 0 Å². The lowest BCUT2D eigenvalue weighted by Gasteiger charge is -2.14. The van der Waals surface area contributed by atoms with Gasteiger partial charge in [0, 0.05) is 22.9 Å². The first-order valence-corrected chi connectivity index (χ1v) is 10.6. The van der Waals surface area contributed by atoms with E-state index in [0.29, 0.717) is 0 Å². The van der Waals surface area contributed by atoms with E-state index in [9.17, 15) is 0 Å². The van der Waals surface area contributed by atoms with Crippen molar-refractivity contribution in [2.45, 2.75) is 0 Å². The van der Waals surface area contributed by atoms with E-state index in [0.717, 1.165) is 55.6 Å². The quantitative estimate of drug-likeness (QED) is 0.311. The average molecular weight is 409 g/mol. The summed E-state index contributed by atoms with van der Waals surface area (Å²) in [7, 11) is 0. The van der Waals surface area contributed by atoms with Gasteiger partial charge in [-0.3, -0.25) is 4.98 Å². The van der Waals surface area contributed by atoms with Crippen LogP contribution in [0.5, 0.6) is 0 Å². The van der Waals surface area contributed by atoms with Gasteiger partial charge in [0.1, 0.15) is 0 Å². The molecule has 0 atom stereocenters. The topological polar surface area (TPSA) is 38.7 Å². The molecule has 0 bridgehead atoms. The number of nitrogens with zero attached hydrogens (tertiary/aromatic N) is 3. The number of para-hydroxylation sites is 2. The molecule has 6 rings (SSSR count). The molecule has 0 aliphatic rings. The molecule has 0 unspecified atom stereocenters. The number of aromatic nitrogens is 3. The third-order valence-electron chi connectivity index (χ3n) is 5.74. The molecule has 32 heavy (non-hydrogen) atoms. The average Bonchev–Trinajstić information content (AvgIpc) is 2.88. The highest BCUT2D eigenvalue weighted by Gasteiger charge is 2.16. The van der Waals surface area contributed by atoms with Gasteiger partial charge in [-0.15, -0.1) is 0 Å².